The van der Waals surface area contributed by atoms with E-state index < -0.39 is 18.2 Å². The number of methoxy groups -OCH3 is 1. The quantitative estimate of drug-likeness (QED) is 0.305. The zero-order valence-electron chi connectivity index (χ0n) is 17.2. The number of carbonyl (C=O) groups is 1. The highest BCUT2D eigenvalue weighted by Crippen LogP contribution is 2.29. The SMILES string of the molecule is COC(=O)C(C/C=C/c1ccc(Nc2ncccn2)cc1)NC(O)c1c(Cl)cccc1Cl. The van der Waals surface area contributed by atoms with Crippen molar-refractivity contribution in [3.8, 4) is 0 Å². The first-order chi connectivity index (χ1) is 15.5. The Morgan fingerprint density at radius 2 is 1.75 bits per heavy atom. The molecule has 0 amide bonds. The summed E-state index contributed by atoms with van der Waals surface area (Å²) in [6, 6.07) is 13.5. The maximum absolute atomic E-state index is 12.2. The monoisotopic (exact) mass is 472 g/mol. The number of rotatable bonds is 9. The van der Waals surface area contributed by atoms with Crippen molar-refractivity contribution in [3.63, 3.8) is 0 Å². The number of ether oxygens (including phenoxy) is 1. The maximum atomic E-state index is 12.2. The molecule has 0 fully saturated rings. The van der Waals surface area contributed by atoms with Gasteiger partial charge in [0.1, 0.15) is 12.3 Å². The molecule has 9 heteroatoms. The summed E-state index contributed by atoms with van der Waals surface area (Å²) in [5, 5.41) is 17.1. The third kappa shape index (κ3) is 6.51. The van der Waals surface area contributed by atoms with Crippen LogP contribution in [0.4, 0.5) is 11.6 Å². The smallest absolute Gasteiger partial charge is 0.323 e. The van der Waals surface area contributed by atoms with Gasteiger partial charge < -0.3 is 15.2 Å². The van der Waals surface area contributed by atoms with Crippen LogP contribution in [0.2, 0.25) is 10.0 Å². The molecule has 0 bridgehead atoms. The number of halogens is 2. The van der Waals surface area contributed by atoms with Gasteiger partial charge in [0.05, 0.1) is 7.11 Å². The van der Waals surface area contributed by atoms with E-state index in [0.29, 0.717) is 21.6 Å². The van der Waals surface area contributed by atoms with E-state index in [0.717, 1.165) is 11.3 Å². The highest BCUT2D eigenvalue weighted by Gasteiger charge is 2.24. The van der Waals surface area contributed by atoms with Crippen molar-refractivity contribution in [2.45, 2.75) is 18.7 Å². The normalized spacial score (nSPS) is 13.0. The third-order valence-electron chi connectivity index (χ3n) is 4.53. The zero-order valence-corrected chi connectivity index (χ0v) is 18.7. The van der Waals surface area contributed by atoms with Crippen molar-refractivity contribution in [3.05, 3.63) is 88.2 Å². The van der Waals surface area contributed by atoms with E-state index in [1.54, 1.807) is 36.7 Å². The van der Waals surface area contributed by atoms with Gasteiger partial charge in [0.15, 0.2) is 0 Å². The van der Waals surface area contributed by atoms with Crippen LogP contribution in [0.5, 0.6) is 0 Å². The molecule has 7 nitrogen and oxygen atoms in total. The average Bonchev–Trinajstić information content (AvgIpc) is 2.79. The fourth-order valence-corrected chi connectivity index (χ4v) is 3.54. The first kappa shape index (κ1) is 23.7. The number of anilines is 2. The molecule has 0 spiro atoms. The molecule has 3 aromatic rings. The van der Waals surface area contributed by atoms with E-state index >= 15 is 0 Å². The molecule has 0 saturated heterocycles. The Bertz CT molecular complexity index is 1040. The van der Waals surface area contributed by atoms with Crippen LogP contribution >= 0.6 is 23.2 Å². The number of aliphatic hydroxyl groups excluding tert-OH is 1. The Kier molecular flexibility index (Phi) is 8.58. The van der Waals surface area contributed by atoms with Crippen molar-refractivity contribution in [1.29, 1.82) is 0 Å². The van der Waals surface area contributed by atoms with E-state index in [4.69, 9.17) is 27.9 Å². The molecule has 0 radical (unpaired) electrons. The van der Waals surface area contributed by atoms with Gasteiger partial charge in [-0.1, -0.05) is 53.6 Å². The average molecular weight is 473 g/mol. The van der Waals surface area contributed by atoms with Crippen LogP contribution in [0.3, 0.4) is 0 Å². The second-order valence-electron chi connectivity index (χ2n) is 6.74. The Balaban J connectivity index is 1.63. The van der Waals surface area contributed by atoms with Crippen LogP contribution in [0, 0.1) is 0 Å². The molecule has 3 N–H and O–H groups in total. The third-order valence-corrected chi connectivity index (χ3v) is 5.19. The summed E-state index contributed by atoms with van der Waals surface area (Å²) in [6.07, 6.45) is 6.06. The molecule has 0 aliphatic heterocycles. The van der Waals surface area contributed by atoms with E-state index in [9.17, 15) is 9.90 Å². The number of benzene rings is 2. The molecular formula is C23H22Cl2N4O3. The molecule has 0 aliphatic rings. The van der Waals surface area contributed by atoms with E-state index in [2.05, 4.69) is 20.6 Å². The summed E-state index contributed by atoms with van der Waals surface area (Å²) in [5.74, 6) is -0.000693. The standard InChI is InChI=1S/C23H22Cl2N4O3/c1-32-22(31)19(29-21(30)20-17(24)6-3-7-18(20)25)8-2-5-15-9-11-16(12-10-15)28-23-26-13-4-14-27-23/h2-7,9-14,19,21,29-30H,8H2,1H3,(H,26,27,28)/b5-2+. The van der Waals surface area contributed by atoms with Crippen molar-refractivity contribution < 1.29 is 14.6 Å². The van der Waals surface area contributed by atoms with Crippen molar-refractivity contribution >= 4 is 46.9 Å². The van der Waals surface area contributed by atoms with Crippen LogP contribution in [-0.2, 0) is 9.53 Å². The van der Waals surface area contributed by atoms with Gasteiger partial charge in [-0.15, -0.1) is 0 Å². The van der Waals surface area contributed by atoms with Gasteiger partial charge in [0.25, 0.3) is 0 Å². The molecule has 2 atom stereocenters. The number of nitrogens with zero attached hydrogens (tertiary/aromatic N) is 2. The van der Waals surface area contributed by atoms with Gasteiger partial charge in [0.2, 0.25) is 5.95 Å². The Labute approximate surface area is 196 Å². The first-order valence-electron chi connectivity index (χ1n) is 9.74. The van der Waals surface area contributed by atoms with Crippen molar-refractivity contribution in [2.24, 2.45) is 0 Å². The topological polar surface area (TPSA) is 96.4 Å². The van der Waals surface area contributed by atoms with Crippen molar-refractivity contribution in [1.82, 2.24) is 15.3 Å². The highest BCUT2D eigenvalue weighted by molar-refractivity contribution is 6.36. The molecule has 0 saturated carbocycles. The Morgan fingerprint density at radius 1 is 1.09 bits per heavy atom. The van der Waals surface area contributed by atoms with E-state index in [1.807, 2.05) is 36.4 Å². The maximum Gasteiger partial charge on any atom is 0.323 e. The molecule has 0 aliphatic carbocycles. The van der Waals surface area contributed by atoms with Crippen LogP contribution in [-0.4, -0.2) is 34.2 Å². The molecule has 166 valence electrons. The van der Waals surface area contributed by atoms with Gasteiger partial charge >= 0.3 is 5.97 Å². The van der Waals surface area contributed by atoms with Gasteiger partial charge in [-0.25, -0.2) is 9.97 Å². The van der Waals surface area contributed by atoms with Crippen molar-refractivity contribution in [2.75, 3.05) is 12.4 Å². The minimum Gasteiger partial charge on any atom is -0.468 e. The lowest BCUT2D eigenvalue weighted by molar-refractivity contribution is -0.144. The second kappa shape index (κ2) is 11.6. The molecule has 3 rings (SSSR count). The van der Waals surface area contributed by atoms with Gasteiger partial charge in [-0.2, -0.15) is 0 Å². The summed E-state index contributed by atoms with van der Waals surface area (Å²) in [6.45, 7) is 0. The summed E-state index contributed by atoms with van der Waals surface area (Å²) in [7, 11) is 1.29. The summed E-state index contributed by atoms with van der Waals surface area (Å²) in [5.41, 5.74) is 2.09. The molecule has 1 aromatic heterocycles. The molecule has 2 aromatic carbocycles. The first-order valence-corrected chi connectivity index (χ1v) is 10.5. The van der Waals surface area contributed by atoms with E-state index in [1.165, 1.54) is 7.11 Å². The number of carbonyl (C=O) groups excluding carboxylic acids is 1. The molecule has 1 heterocycles. The van der Waals surface area contributed by atoms with Gasteiger partial charge in [-0.3, -0.25) is 10.1 Å². The number of nitrogens with one attached hydrogen (secondary N) is 2. The molecule has 2 unspecified atom stereocenters. The summed E-state index contributed by atoms with van der Waals surface area (Å²) in [4.78, 5) is 20.4. The summed E-state index contributed by atoms with van der Waals surface area (Å²) < 4.78 is 4.85. The molecule has 32 heavy (non-hydrogen) atoms. The number of hydrogen-bond acceptors (Lipinski definition) is 7. The van der Waals surface area contributed by atoms with Crippen LogP contribution in [0.15, 0.2) is 67.0 Å². The number of hydrogen-bond donors (Lipinski definition) is 3. The lowest BCUT2D eigenvalue weighted by Crippen LogP contribution is -2.39. The Hall–Kier alpha value is -2.97. The number of esters is 1. The number of aromatic nitrogens is 2. The van der Waals surface area contributed by atoms with Crippen LogP contribution < -0.4 is 10.6 Å². The van der Waals surface area contributed by atoms with Gasteiger partial charge in [-0.05, 0) is 42.3 Å². The fraction of sp³-hybridized carbons (Fsp3) is 0.174. The lowest BCUT2D eigenvalue weighted by Gasteiger charge is -2.21. The second-order valence-corrected chi connectivity index (χ2v) is 7.55. The minimum atomic E-state index is -1.24. The number of aliphatic hydroxyl groups is 1. The predicted octanol–water partition coefficient (Wildman–Crippen LogP) is 4.75. The molecular weight excluding hydrogens is 451 g/mol. The highest BCUT2D eigenvalue weighted by atomic mass is 35.5. The van der Waals surface area contributed by atoms with Crippen LogP contribution in [0.25, 0.3) is 6.08 Å². The lowest BCUT2D eigenvalue weighted by atomic mass is 10.1. The van der Waals surface area contributed by atoms with Crippen LogP contribution in [0.1, 0.15) is 23.8 Å². The zero-order chi connectivity index (χ0) is 22.9. The van der Waals surface area contributed by atoms with E-state index in [-0.39, 0.29) is 6.42 Å². The fourth-order valence-electron chi connectivity index (χ4n) is 2.93. The van der Waals surface area contributed by atoms with Gasteiger partial charge in [0, 0.05) is 33.7 Å². The summed E-state index contributed by atoms with van der Waals surface area (Å²) >= 11 is 12.3. The minimum absolute atomic E-state index is 0.281. The predicted molar refractivity (Wildman–Crippen MR) is 126 cm³/mol. The Morgan fingerprint density at radius 3 is 2.38 bits per heavy atom. The largest absolute Gasteiger partial charge is 0.468 e.